The Labute approximate surface area is 107 Å². The lowest BCUT2D eigenvalue weighted by molar-refractivity contribution is 0.314. The second-order valence-electron chi connectivity index (χ2n) is 3.80. The number of halogens is 4. The number of ether oxygens (including phenoxy) is 1. The van der Waals surface area contributed by atoms with E-state index in [9.17, 15) is 17.6 Å². The highest BCUT2D eigenvalue weighted by Crippen LogP contribution is 2.30. The maximum absolute atomic E-state index is 13.8. The van der Waals surface area contributed by atoms with Crippen LogP contribution in [0.5, 0.6) is 5.75 Å². The Morgan fingerprint density at radius 3 is 2.26 bits per heavy atom. The number of hydrogen-bond acceptors (Lipinski definition) is 1. The predicted octanol–water partition coefficient (Wildman–Crippen LogP) is 4.31. The molecule has 0 aliphatic heterocycles. The van der Waals surface area contributed by atoms with Gasteiger partial charge in [-0.25, -0.2) is 13.2 Å². The van der Waals surface area contributed by atoms with Crippen molar-refractivity contribution in [1.29, 1.82) is 0 Å². The van der Waals surface area contributed by atoms with Crippen molar-refractivity contribution in [2.45, 2.75) is 6.92 Å². The summed E-state index contributed by atoms with van der Waals surface area (Å²) in [6.45, 7) is 1.83. The average molecular weight is 270 g/mol. The molecule has 0 saturated carbocycles. The van der Waals surface area contributed by atoms with Gasteiger partial charge in [0.1, 0.15) is 0 Å². The van der Waals surface area contributed by atoms with Crippen LogP contribution in [0.3, 0.4) is 0 Å². The molecule has 2 rings (SSSR count). The summed E-state index contributed by atoms with van der Waals surface area (Å²) < 4.78 is 58.3. The van der Waals surface area contributed by atoms with E-state index in [2.05, 4.69) is 0 Å². The summed E-state index contributed by atoms with van der Waals surface area (Å²) in [5.74, 6) is -4.69. The molecule has 0 amide bonds. The van der Waals surface area contributed by atoms with E-state index in [4.69, 9.17) is 4.74 Å². The van der Waals surface area contributed by atoms with Crippen molar-refractivity contribution in [2.75, 3.05) is 6.61 Å². The summed E-state index contributed by atoms with van der Waals surface area (Å²) >= 11 is 0. The fourth-order valence-corrected chi connectivity index (χ4v) is 1.69. The first-order valence-electron chi connectivity index (χ1n) is 5.60. The maximum atomic E-state index is 13.8. The molecule has 0 aliphatic rings. The van der Waals surface area contributed by atoms with Crippen molar-refractivity contribution in [2.24, 2.45) is 0 Å². The molecule has 0 aliphatic carbocycles. The van der Waals surface area contributed by atoms with Crippen LogP contribution < -0.4 is 4.74 Å². The highest BCUT2D eigenvalue weighted by molar-refractivity contribution is 5.65. The number of benzene rings is 2. The summed E-state index contributed by atoms with van der Waals surface area (Å²) in [6, 6.07) is 5.36. The third-order valence-corrected chi connectivity index (χ3v) is 2.58. The van der Waals surface area contributed by atoms with Crippen LogP contribution in [0, 0.1) is 23.3 Å². The molecule has 2 aromatic carbocycles. The summed E-state index contributed by atoms with van der Waals surface area (Å²) in [7, 11) is 0. The van der Waals surface area contributed by atoms with Crippen LogP contribution in [0.25, 0.3) is 11.1 Å². The minimum Gasteiger partial charge on any atom is -0.491 e. The van der Waals surface area contributed by atoms with Gasteiger partial charge in [-0.15, -0.1) is 0 Å². The van der Waals surface area contributed by atoms with Crippen LogP contribution in [0.4, 0.5) is 17.6 Å². The lowest BCUT2D eigenvalue weighted by atomic mass is 10.0. The fourth-order valence-electron chi connectivity index (χ4n) is 1.69. The van der Waals surface area contributed by atoms with Crippen LogP contribution in [0.1, 0.15) is 6.92 Å². The van der Waals surface area contributed by atoms with E-state index < -0.39 is 23.3 Å². The molecule has 0 unspecified atom stereocenters. The van der Waals surface area contributed by atoms with Crippen LogP contribution in [-0.4, -0.2) is 6.61 Å². The summed E-state index contributed by atoms with van der Waals surface area (Å²) in [5, 5.41) is 0. The minimum atomic E-state index is -1.16. The Morgan fingerprint density at radius 2 is 1.63 bits per heavy atom. The molecule has 0 bridgehead atoms. The van der Waals surface area contributed by atoms with Gasteiger partial charge in [-0.1, -0.05) is 6.07 Å². The molecule has 0 fully saturated rings. The molecule has 1 nitrogen and oxygen atoms in total. The second kappa shape index (κ2) is 5.30. The van der Waals surface area contributed by atoms with Crippen molar-refractivity contribution in [3.63, 3.8) is 0 Å². The molecule has 0 heterocycles. The van der Waals surface area contributed by atoms with Crippen molar-refractivity contribution in [3.8, 4) is 16.9 Å². The third kappa shape index (κ3) is 2.54. The van der Waals surface area contributed by atoms with E-state index in [0.717, 1.165) is 12.1 Å². The molecule has 0 saturated heterocycles. The first kappa shape index (κ1) is 13.4. The Kier molecular flexibility index (Phi) is 3.74. The van der Waals surface area contributed by atoms with Gasteiger partial charge in [0.2, 0.25) is 5.82 Å². The molecule has 100 valence electrons. The SMILES string of the molecule is CCOc1ccc(-c2ccc(F)c(F)c2)c(F)c1F. The van der Waals surface area contributed by atoms with Gasteiger partial charge < -0.3 is 4.74 Å². The number of hydrogen-bond donors (Lipinski definition) is 0. The zero-order valence-electron chi connectivity index (χ0n) is 10.0. The average Bonchev–Trinajstić information content (AvgIpc) is 2.39. The largest absolute Gasteiger partial charge is 0.491 e. The quantitative estimate of drug-likeness (QED) is 0.755. The van der Waals surface area contributed by atoms with E-state index in [1.807, 2.05) is 0 Å². The minimum absolute atomic E-state index is 0.0540. The van der Waals surface area contributed by atoms with Crippen LogP contribution in [0.2, 0.25) is 0 Å². The molecule has 19 heavy (non-hydrogen) atoms. The summed E-state index contributed by atoms with van der Waals surface area (Å²) in [4.78, 5) is 0. The molecule has 0 aromatic heterocycles. The highest BCUT2D eigenvalue weighted by Gasteiger charge is 2.16. The van der Waals surface area contributed by atoms with Crippen LogP contribution >= 0.6 is 0 Å². The summed E-state index contributed by atoms with van der Waals surface area (Å²) in [6.07, 6.45) is 0. The van der Waals surface area contributed by atoms with Gasteiger partial charge in [0, 0.05) is 5.56 Å². The fraction of sp³-hybridized carbons (Fsp3) is 0.143. The molecule has 0 atom stereocenters. The zero-order valence-corrected chi connectivity index (χ0v) is 10.0. The van der Waals surface area contributed by atoms with Crippen LogP contribution in [-0.2, 0) is 0 Å². The Hall–Kier alpha value is -2.04. The second-order valence-corrected chi connectivity index (χ2v) is 3.80. The van der Waals surface area contributed by atoms with Gasteiger partial charge in [-0.3, -0.25) is 0 Å². The smallest absolute Gasteiger partial charge is 0.201 e. The Morgan fingerprint density at radius 1 is 0.895 bits per heavy atom. The predicted molar refractivity (Wildman–Crippen MR) is 62.9 cm³/mol. The number of rotatable bonds is 3. The molecular weight excluding hydrogens is 260 g/mol. The molecular formula is C14H10F4O. The first-order valence-corrected chi connectivity index (χ1v) is 5.60. The van der Waals surface area contributed by atoms with E-state index in [0.29, 0.717) is 0 Å². The van der Waals surface area contributed by atoms with Gasteiger partial charge in [-0.05, 0) is 36.8 Å². The Balaban J connectivity index is 2.51. The molecule has 5 heteroatoms. The molecule has 0 radical (unpaired) electrons. The lowest BCUT2D eigenvalue weighted by Gasteiger charge is -2.09. The highest BCUT2D eigenvalue weighted by atomic mass is 19.2. The topological polar surface area (TPSA) is 9.23 Å². The van der Waals surface area contributed by atoms with Crippen molar-refractivity contribution >= 4 is 0 Å². The van der Waals surface area contributed by atoms with Crippen molar-refractivity contribution in [3.05, 3.63) is 53.6 Å². The van der Waals surface area contributed by atoms with Crippen LogP contribution in [0.15, 0.2) is 30.3 Å². The molecule has 2 aromatic rings. The van der Waals surface area contributed by atoms with Gasteiger partial charge in [-0.2, -0.15) is 4.39 Å². The van der Waals surface area contributed by atoms with Gasteiger partial charge in [0.25, 0.3) is 0 Å². The van der Waals surface area contributed by atoms with Crippen molar-refractivity contribution < 1.29 is 22.3 Å². The standard InChI is InChI=1S/C14H10F4O/c1-2-19-12-6-4-9(13(17)14(12)18)8-3-5-10(15)11(16)7-8/h3-7H,2H2,1H3. The van der Waals surface area contributed by atoms with Gasteiger partial charge in [0.15, 0.2) is 23.2 Å². The van der Waals surface area contributed by atoms with Crippen molar-refractivity contribution in [1.82, 2.24) is 0 Å². The molecule has 0 N–H and O–H groups in total. The maximum Gasteiger partial charge on any atom is 0.201 e. The van der Waals surface area contributed by atoms with E-state index >= 15 is 0 Å². The first-order chi connectivity index (χ1) is 9.04. The normalized spacial score (nSPS) is 10.6. The molecule has 0 spiro atoms. The van der Waals surface area contributed by atoms with E-state index in [1.165, 1.54) is 18.2 Å². The van der Waals surface area contributed by atoms with Gasteiger partial charge >= 0.3 is 0 Å². The van der Waals surface area contributed by atoms with Gasteiger partial charge in [0.05, 0.1) is 6.61 Å². The van der Waals surface area contributed by atoms with E-state index in [1.54, 1.807) is 6.92 Å². The zero-order chi connectivity index (χ0) is 14.0. The lowest BCUT2D eigenvalue weighted by Crippen LogP contribution is -1.99. The van der Waals surface area contributed by atoms with E-state index in [-0.39, 0.29) is 23.5 Å². The Bertz CT molecular complexity index is 611. The monoisotopic (exact) mass is 270 g/mol. The third-order valence-electron chi connectivity index (χ3n) is 2.58. The summed E-state index contributed by atoms with van der Waals surface area (Å²) in [5.41, 5.74) is -0.0989.